The number of benzene rings is 1. The van der Waals surface area contributed by atoms with Gasteiger partial charge in [-0.1, -0.05) is 0 Å². The first-order valence-electron chi connectivity index (χ1n) is 5.87. The monoisotopic (exact) mass is 419 g/mol. The lowest BCUT2D eigenvalue weighted by Crippen LogP contribution is -2.21. The number of sulfonamides is 1. The van der Waals surface area contributed by atoms with Gasteiger partial charge in [-0.3, -0.25) is 4.72 Å². The molecule has 0 bridgehead atoms. The molecule has 120 valence electrons. The predicted octanol–water partition coefficient (Wildman–Crippen LogP) is 2.54. The van der Waals surface area contributed by atoms with E-state index in [1.807, 2.05) is 13.8 Å². The van der Waals surface area contributed by atoms with Crippen molar-refractivity contribution in [3.8, 4) is 0 Å². The third-order valence-corrected chi connectivity index (χ3v) is 5.82. The molecule has 1 N–H and O–H groups in total. The summed E-state index contributed by atoms with van der Waals surface area (Å²) in [5, 5.41) is 0. The number of nitrogens with one attached hydrogen (secondary N) is 1. The topological polar surface area (TPSA) is 89.5 Å². The van der Waals surface area contributed by atoms with Crippen LogP contribution in [0.3, 0.4) is 0 Å². The largest absolute Gasteiger partial charge is 0.378 e. The molecule has 0 saturated carbocycles. The first kappa shape index (κ1) is 18.7. The van der Waals surface area contributed by atoms with Gasteiger partial charge in [0.25, 0.3) is 9.05 Å². The van der Waals surface area contributed by atoms with Gasteiger partial charge in [0.1, 0.15) is 0 Å². The van der Waals surface area contributed by atoms with Gasteiger partial charge in [0, 0.05) is 20.8 Å². The van der Waals surface area contributed by atoms with E-state index in [1.165, 1.54) is 18.2 Å². The normalized spacial score (nSPS) is 12.6. The lowest BCUT2D eigenvalue weighted by molar-refractivity contribution is 0.0913. The van der Waals surface area contributed by atoms with E-state index in [1.54, 1.807) is 0 Å². The molecule has 0 aromatic heterocycles. The molecule has 0 saturated heterocycles. The van der Waals surface area contributed by atoms with Crippen LogP contribution in [0.15, 0.2) is 27.6 Å². The minimum atomic E-state index is -3.89. The molecule has 0 atom stereocenters. The number of ether oxygens (including phenoxy) is 1. The van der Waals surface area contributed by atoms with E-state index in [4.69, 9.17) is 15.4 Å². The fourth-order valence-electron chi connectivity index (χ4n) is 1.39. The molecule has 0 aliphatic rings. The highest BCUT2D eigenvalue weighted by atomic mass is 79.9. The van der Waals surface area contributed by atoms with Crippen molar-refractivity contribution in [2.75, 3.05) is 17.1 Å². The van der Waals surface area contributed by atoms with Crippen LogP contribution in [0.1, 0.15) is 13.8 Å². The summed E-state index contributed by atoms with van der Waals surface area (Å²) in [6.45, 7) is 3.69. The van der Waals surface area contributed by atoms with E-state index in [2.05, 4.69) is 20.7 Å². The molecule has 0 amide bonds. The Labute approximate surface area is 137 Å². The van der Waals surface area contributed by atoms with Gasteiger partial charge in [-0.25, -0.2) is 16.8 Å². The van der Waals surface area contributed by atoms with Crippen LogP contribution in [0.5, 0.6) is 0 Å². The zero-order chi connectivity index (χ0) is 16.3. The quantitative estimate of drug-likeness (QED) is 0.685. The summed E-state index contributed by atoms with van der Waals surface area (Å²) >= 11 is 3.04. The second kappa shape index (κ2) is 7.28. The Morgan fingerprint density at radius 3 is 2.38 bits per heavy atom. The Hall–Kier alpha value is -0.350. The summed E-state index contributed by atoms with van der Waals surface area (Å²) in [7, 11) is -2.23. The average Bonchev–Trinajstić information content (AvgIpc) is 2.25. The van der Waals surface area contributed by atoms with Crippen LogP contribution >= 0.6 is 26.6 Å². The zero-order valence-corrected chi connectivity index (χ0v) is 15.3. The zero-order valence-electron chi connectivity index (χ0n) is 11.3. The van der Waals surface area contributed by atoms with Crippen LogP contribution in [0, 0.1) is 0 Å². The molecule has 1 aromatic rings. The number of hydrogen-bond donors (Lipinski definition) is 1. The third-order valence-electron chi connectivity index (χ3n) is 2.27. The molecule has 1 rings (SSSR count). The van der Waals surface area contributed by atoms with Crippen molar-refractivity contribution in [3.05, 3.63) is 22.7 Å². The van der Waals surface area contributed by atoms with Gasteiger partial charge in [0.2, 0.25) is 10.0 Å². The maximum Gasteiger partial charge on any atom is 0.262 e. The number of hydrogen-bond acceptors (Lipinski definition) is 5. The molecule has 0 spiro atoms. The Morgan fingerprint density at radius 2 is 1.90 bits per heavy atom. The van der Waals surface area contributed by atoms with E-state index in [0.717, 1.165) is 0 Å². The van der Waals surface area contributed by atoms with Crippen molar-refractivity contribution in [2.45, 2.75) is 24.8 Å². The van der Waals surface area contributed by atoms with Gasteiger partial charge in [-0.05, 0) is 48.0 Å². The molecule has 10 heteroatoms. The van der Waals surface area contributed by atoms with Crippen molar-refractivity contribution in [2.24, 2.45) is 0 Å². The summed E-state index contributed by atoms with van der Waals surface area (Å²) in [6.07, 6.45) is -0.0532. The summed E-state index contributed by atoms with van der Waals surface area (Å²) in [4.78, 5) is -0.129. The van der Waals surface area contributed by atoms with Crippen molar-refractivity contribution in [1.82, 2.24) is 0 Å². The van der Waals surface area contributed by atoms with E-state index in [9.17, 15) is 16.8 Å². The standard InChI is InChI=1S/C11H15BrClNO5S2/c1-8(2)19-5-6-20(15,16)14-9-3-4-11(10(12)7-9)21(13,17)18/h3-4,7-8,14H,5-6H2,1-2H3. The Bertz CT molecular complexity index is 703. The highest BCUT2D eigenvalue weighted by Crippen LogP contribution is 2.28. The summed E-state index contributed by atoms with van der Waals surface area (Å²) < 4.78 is 53.8. The minimum absolute atomic E-state index is 0.0532. The molecule has 1 aromatic carbocycles. The van der Waals surface area contributed by atoms with E-state index in [0.29, 0.717) is 0 Å². The number of halogens is 2. The number of rotatable bonds is 7. The smallest absolute Gasteiger partial charge is 0.262 e. The van der Waals surface area contributed by atoms with Gasteiger partial charge in [0.05, 0.1) is 23.4 Å². The first-order valence-corrected chi connectivity index (χ1v) is 10.6. The number of anilines is 1. The van der Waals surface area contributed by atoms with Gasteiger partial charge < -0.3 is 4.74 Å². The SMILES string of the molecule is CC(C)OCCS(=O)(=O)Nc1ccc(S(=O)(=O)Cl)c(Br)c1. The molecule has 0 aliphatic carbocycles. The molecule has 0 aliphatic heterocycles. The van der Waals surface area contributed by atoms with Crippen LogP contribution in [-0.4, -0.2) is 35.3 Å². The average molecular weight is 421 g/mol. The lowest BCUT2D eigenvalue weighted by atomic mass is 10.3. The van der Waals surface area contributed by atoms with Gasteiger partial charge >= 0.3 is 0 Å². The molecule has 0 unspecified atom stereocenters. The second-order valence-corrected chi connectivity index (χ2v) is 9.65. The maximum atomic E-state index is 11.8. The van der Waals surface area contributed by atoms with Crippen LogP contribution in [0.2, 0.25) is 0 Å². The van der Waals surface area contributed by atoms with Crippen molar-refractivity contribution >= 4 is 51.4 Å². The molecule has 0 radical (unpaired) electrons. The van der Waals surface area contributed by atoms with Gasteiger partial charge in [-0.2, -0.15) is 0 Å². The Morgan fingerprint density at radius 1 is 1.29 bits per heavy atom. The van der Waals surface area contributed by atoms with Crippen LogP contribution in [0.4, 0.5) is 5.69 Å². The lowest BCUT2D eigenvalue weighted by Gasteiger charge is -2.11. The maximum absolute atomic E-state index is 11.8. The highest BCUT2D eigenvalue weighted by molar-refractivity contribution is 9.10. The van der Waals surface area contributed by atoms with Crippen molar-refractivity contribution in [3.63, 3.8) is 0 Å². The molecule has 0 heterocycles. The molecule has 0 fully saturated rings. The molecule has 21 heavy (non-hydrogen) atoms. The summed E-state index contributed by atoms with van der Waals surface area (Å²) in [5.74, 6) is -0.196. The fraction of sp³-hybridized carbons (Fsp3) is 0.455. The minimum Gasteiger partial charge on any atom is -0.378 e. The molecule has 6 nitrogen and oxygen atoms in total. The fourth-order valence-corrected chi connectivity index (χ4v) is 4.51. The van der Waals surface area contributed by atoms with Gasteiger partial charge in [0.15, 0.2) is 0 Å². The highest BCUT2D eigenvalue weighted by Gasteiger charge is 2.16. The third kappa shape index (κ3) is 6.52. The Kier molecular flexibility index (Phi) is 6.48. The predicted molar refractivity (Wildman–Crippen MR) is 85.7 cm³/mol. The van der Waals surface area contributed by atoms with Crippen molar-refractivity contribution in [1.29, 1.82) is 0 Å². The second-order valence-electron chi connectivity index (χ2n) is 4.42. The summed E-state index contributed by atoms with van der Waals surface area (Å²) in [5.41, 5.74) is 0.232. The first-order chi connectivity index (χ1) is 9.51. The Balaban J connectivity index is 2.82. The molecular formula is C11H15BrClNO5S2. The van der Waals surface area contributed by atoms with E-state index >= 15 is 0 Å². The van der Waals surface area contributed by atoms with Gasteiger partial charge in [-0.15, -0.1) is 0 Å². The summed E-state index contributed by atoms with van der Waals surface area (Å²) in [6, 6.07) is 3.87. The molecular weight excluding hydrogens is 406 g/mol. The van der Waals surface area contributed by atoms with Crippen LogP contribution in [-0.2, 0) is 23.8 Å². The van der Waals surface area contributed by atoms with E-state index in [-0.39, 0.29) is 33.5 Å². The van der Waals surface area contributed by atoms with Crippen molar-refractivity contribution < 1.29 is 21.6 Å². The van der Waals surface area contributed by atoms with E-state index < -0.39 is 19.1 Å². The van der Waals surface area contributed by atoms with Crippen LogP contribution < -0.4 is 4.72 Å². The van der Waals surface area contributed by atoms with Crippen LogP contribution in [0.25, 0.3) is 0 Å².